The van der Waals surface area contributed by atoms with Gasteiger partial charge in [0, 0.05) is 19.3 Å². The average molecular weight is 180 g/mol. The molecule has 0 saturated carbocycles. The van der Waals surface area contributed by atoms with Gasteiger partial charge in [-0.3, -0.25) is 9.63 Å². The Labute approximate surface area is 72.2 Å². The first-order valence-electron chi connectivity index (χ1n) is 3.59. The Morgan fingerprint density at radius 2 is 2.18 bits per heavy atom. The van der Waals surface area contributed by atoms with Gasteiger partial charge in [-0.1, -0.05) is 0 Å². The standard InChI is InChI=1S/C7H14ClNO2/c1-9(11-2)7(10)5-3-4-6-8/h3-6H2,1-2H3. The third kappa shape index (κ3) is 5.04. The molecule has 0 unspecified atom stereocenters. The molecule has 0 atom stereocenters. The van der Waals surface area contributed by atoms with Gasteiger partial charge in [-0.15, -0.1) is 11.6 Å². The highest BCUT2D eigenvalue weighted by molar-refractivity contribution is 6.17. The zero-order valence-electron chi connectivity index (χ0n) is 6.97. The average Bonchev–Trinajstić information content (AvgIpc) is 2.03. The number of rotatable bonds is 5. The van der Waals surface area contributed by atoms with Gasteiger partial charge in [-0.2, -0.15) is 0 Å². The molecule has 0 radical (unpaired) electrons. The largest absolute Gasteiger partial charge is 0.275 e. The number of unbranched alkanes of at least 4 members (excludes halogenated alkanes) is 1. The normalized spacial score (nSPS) is 9.73. The summed E-state index contributed by atoms with van der Waals surface area (Å²) in [4.78, 5) is 15.7. The molecular weight excluding hydrogens is 166 g/mol. The van der Waals surface area contributed by atoms with Crippen molar-refractivity contribution in [3.05, 3.63) is 0 Å². The Hall–Kier alpha value is -0.280. The number of nitrogens with zero attached hydrogens (tertiary/aromatic N) is 1. The summed E-state index contributed by atoms with van der Waals surface area (Å²) in [5, 5.41) is 1.23. The van der Waals surface area contributed by atoms with Crippen molar-refractivity contribution in [1.82, 2.24) is 5.06 Å². The minimum absolute atomic E-state index is 0.00221. The first-order chi connectivity index (χ1) is 5.22. The molecular formula is C7H14ClNO2. The van der Waals surface area contributed by atoms with Crippen LogP contribution in [0.25, 0.3) is 0 Å². The van der Waals surface area contributed by atoms with Crippen molar-refractivity contribution in [1.29, 1.82) is 0 Å². The molecule has 0 saturated heterocycles. The zero-order chi connectivity index (χ0) is 8.69. The van der Waals surface area contributed by atoms with Crippen LogP contribution in [0.3, 0.4) is 0 Å². The second-order valence-corrected chi connectivity index (χ2v) is 2.60. The molecule has 0 bridgehead atoms. The lowest BCUT2D eigenvalue weighted by Crippen LogP contribution is -2.24. The van der Waals surface area contributed by atoms with E-state index in [9.17, 15) is 4.79 Å². The number of hydrogen-bond donors (Lipinski definition) is 0. The first-order valence-corrected chi connectivity index (χ1v) is 4.12. The smallest absolute Gasteiger partial charge is 0.245 e. The molecule has 0 heterocycles. The van der Waals surface area contributed by atoms with Crippen LogP contribution in [-0.2, 0) is 9.63 Å². The van der Waals surface area contributed by atoms with Crippen molar-refractivity contribution >= 4 is 17.5 Å². The van der Waals surface area contributed by atoms with E-state index in [0.717, 1.165) is 12.8 Å². The van der Waals surface area contributed by atoms with Crippen LogP contribution < -0.4 is 0 Å². The Bertz CT molecular complexity index is 119. The summed E-state index contributed by atoms with van der Waals surface area (Å²) in [6, 6.07) is 0. The lowest BCUT2D eigenvalue weighted by Gasteiger charge is -2.12. The summed E-state index contributed by atoms with van der Waals surface area (Å²) in [5.74, 6) is 0.613. The van der Waals surface area contributed by atoms with Crippen LogP contribution in [-0.4, -0.2) is 31.0 Å². The van der Waals surface area contributed by atoms with Crippen molar-refractivity contribution in [3.63, 3.8) is 0 Å². The van der Waals surface area contributed by atoms with Crippen LogP contribution in [0.1, 0.15) is 19.3 Å². The van der Waals surface area contributed by atoms with Crippen LogP contribution in [0.2, 0.25) is 0 Å². The highest BCUT2D eigenvalue weighted by Crippen LogP contribution is 2.00. The maximum absolute atomic E-state index is 11.0. The van der Waals surface area contributed by atoms with E-state index in [0.29, 0.717) is 12.3 Å². The molecule has 0 aromatic rings. The molecule has 0 aromatic heterocycles. The molecule has 3 nitrogen and oxygen atoms in total. The zero-order valence-corrected chi connectivity index (χ0v) is 7.73. The molecule has 11 heavy (non-hydrogen) atoms. The van der Waals surface area contributed by atoms with Crippen LogP contribution in [0, 0.1) is 0 Å². The number of carbonyl (C=O) groups is 1. The molecule has 0 aliphatic rings. The maximum atomic E-state index is 11.0. The van der Waals surface area contributed by atoms with Gasteiger partial charge in [0.1, 0.15) is 0 Å². The minimum Gasteiger partial charge on any atom is -0.275 e. The highest BCUT2D eigenvalue weighted by Gasteiger charge is 2.05. The number of alkyl halides is 1. The number of amides is 1. The van der Waals surface area contributed by atoms with Gasteiger partial charge in [-0.25, -0.2) is 5.06 Å². The number of halogens is 1. The topological polar surface area (TPSA) is 29.5 Å². The third-order valence-corrected chi connectivity index (χ3v) is 1.67. The van der Waals surface area contributed by atoms with Crippen molar-refractivity contribution in [2.45, 2.75) is 19.3 Å². The predicted octanol–water partition coefficient (Wildman–Crippen LogP) is 1.42. The SMILES string of the molecule is CON(C)C(=O)CCCCCl. The van der Waals surface area contributed by atoms with Crippen LogP contribution in [0.15, 0.2) is 0 Å². The minimum atomic E-state index is -0.00221. The Balaban J connectivity index is 3.36. The summed E-state index contributed by atoms with van der Waals surface area (Å²) in [6.45, 7) is 0. The van der Waals surface area contributed by atoms with Crippen LogP contribution in [0.4, 0.5) is 0 Å². The van der Waals surface area contributed by atoms with E-state index in [2.05, 4.69) is 0 Å². The second-order valence-electron chi connectivity index (χ2n) is 2.22. The first kappa shape index (κ1) is 10.7. The molecule has 0 aliphatic heterocycles. The molecule has 0 aliphatic carbocycles. The molecule has 0 fully saturated rings. The number of hydrogen-bond acceptors (Lipinski definition) is 2. The summed E-state index contributed by atoms with van der Waals surface area (Å²) in [6.07, 6.45) is 2.22. The van der Waals surface area contributed by atoms with E-state index in [1.807, 2.05) is 0 Å². The lowest BCUT2D eigenvalue weighted by atomic mass is 10.2. The fourth-order valence-corrected chi connectivity index (χ4v) is 0.819. The van der Waals surface area contributed by atoms with E-state index in [4.69, 9.17) is 16.4 Å². The number of carbonyl (C=O) groups excluding carboxylic acids is 1. The van der Waals surface area contributed by atoms with Gasteiger partial charge >= 0.3 is 0 Å². The Morgan fingerprint density at radius 3 is 2.64 bits per heavy atom. The van der Waals surface area contributed by atoms with Gasteiger partial charge in [-0.05, 0) is 12.8 Å². The summed E-state index contributed by atoms with van der Waals surface area (Å²) in [7, 11) is 3.07. The third-order valence-electron chi connectivity index (χ3n) is 1.40. The molecule has 4 heteroatoms. The summed E-state index contributed by atoms with van der Waals surface area (Å²) >= 11 is 5.44. The van der Waals surface area contributed by atoms with E-state index in [-0.39, 0.29) is 5.91 Å². The fourth-order valence-electron chi connectivity index (χ4n) is 0.630. The summed E-state index contributed by atoms with van der Waals surface area (Å²) in [5.41, 5.74) is 0. The van der Waals surface area contributed by atoms with E-state index in [1.54, 1.807) is 7.05 Å². The molecule has 66 valence electrons. The Kier molecular flexibility index (Phi) is 6.27. The molecule has 0 N–H and O–H groups in total. The maximum Gasteiger partial charge on any atom is 0.245 e. The summed E-state index contributed by atoms with van der Waals surface area (Å²) < 4.78 is 0. The van der Waals surface area contributed by atoms with Crippen LogP contribution in [0.5, 0.6) is 0 Å². The van der Waals surface area contributed by atoms with Crippen LogP contribution >= 0.6 is 11.6 Å². The molecule has 0 spiro atoms. The van der Waals surface area contributed by atoms with Crippen molar-refractivity contribution in [3.8, 4) is 0 Å². The fraction of sp³-hybridized carbons (Fsp3) is 0.857. The van der Waals surface area contributed by atoms with E-state index < -0.39 is 0 Å². The van der Waals surface area contributed by atoms with Gasteiger partial charge in [0.05, 0.1) is 7.11 Å². The predicted molar refractivity (Wildman–Crippen MR) is 44.4 cm³/mol. The van der Waals surface area contributed by atoms with Gasteiger partial charge < -0.3 is 0 Å². The van der Waals surface area contributed by atoms with Crippen molar-refractivity contribution in [2.75, 3.05) is 20.0 Å². The monoisotopic (exact) mass is 179 g/mol. The molecule has 1 amide bonds. The van der Waals surface area contributed by atoms with E-state index >= 15 is 0 Å². The lowest BCUT2D eigenvalue weighted by molar-refractivity contribution is -0.168. The molecule has 0 rings (SSSR count). The van der Waals surface area contributed by atoms with E-state index in [1.165, 1.54) is 12.2 Å². The quantitative estimate of drug-likeness (QED) is 0.363. The second kappa shape index (κ2) is 6.43. The molecule has 0 aromatic carbocycles. The van der Waals surface area contributed by atoms with Gasteiger partial charge in [0.15, 0.2) is 0 Å². The van der Waals surface area contributed by atoms with Crippen molar-refractivity contribution in [2.24, 2.45) is 0 Å². The van der Waals surface area contributed by atoms with Gasteiger partial charge in [0.25, 0.3) is 0 Å². The van der Waals surface area contributed by atoms with Crippen molar-refractivity contribution < 1.29 is 9.63 Å². The van der Waals surface area contributed by atoms with Gasteiger partial charge in [0.2, 0.25) is 5.91 Å². The Morgan fingerprint density at radius 1 is 1.55 bits per heavy atom. The highest BCUT2D eigenvalue weighted by atomic mass is 35.5. The number of hydroxylamine groups is 2.